The van der Waals surface area contributed by atoms with Crippen molar-refractivity contribution in [3.8, 4) is 0 Å². The van der Waals surface area contributed by atoms with E-state index in [1.807, 2.05) is 11.9 Å². The first-order chi connectivity index (χ1) is 13.1. The largest absolute Gasteiger partial charge is 0.417 e. The average Bonchev–Trinajstić information content (AvgIpc) is 2.62. The minimum atomic E-state index is -4.85. The monoisotopic (exact) mass is 391 g/mol. The number of hydrogen-bond donors (Lipinski definition) is 2. The minimum absolute atomic E-state index is 0.203. The van der Waals surface area contributed by atoms with Crippen LogP contribution in [0.1, 0.15) is 15.9 Å². The molecule has 0 bridgehead atoms. The molecule has 0 unspecified atom stereocenters. The predicted octanol–water partition coefficient (Wildman–Crippen LogP) is 0.587. The number of rotatable bonds is 3. The zero-order valence-electron chi connectivity index (χ0n) is 15.0. The van der Waals surface area contributed by atoms with Gasteiger partial charge >= 0.3 is 6.18 Å². The van der Waals surface area contributed by atoms with Gasteiger partial charge in [0.25, 0.3) is 5.91 Å². The highest BCUT2D eigenvalue weighted by Crippen LogP contribution is 2.31. The Morgan fingerprint density at radius 1 is 1.25 bits per heavy atom. The number of H-pyrrole nitrogens is 1. The fraction of sp³-hybridized carbons (Fsp3) is 0.353. The lowest BCUT2D eigenvalue weighted by Gasteiger charge is -2.34. The van der Waals surface area contributed by atoms with Gasteiger partial charge in [0, 0.05) is 44.6 Å². The number of piperazine rings is 1. The highest BCUT2D eigenvalue weighted by molar-refractivity contribution is 6.32. The maximum absolute atomic E-state index is 13.2. The van der Waals surface area contributed by atoms with Crippen molar-refractivity contribution in [1.82, 2.24) is 14.9 Å². The number of halogens is 3. The summed E-state index contributed by atoms with van der Waals surface area (Å²) in [4.78, 5) is 34.2. The summed E-state index contributed by atoms with van der Waals surface area (Å²) in [6.07, 6.45) is -2.69. The lowest BCUT2D eigenvalue weighted by molar-refractivity contribution is -0.138. The first kappa shape index (κ1) is 19.9. The molecule has 2 radical (unpaired) electrons. The van der Waals surface area contributed by atoms with Crippen molar-refractivity contribution < 1.29 is 18.0 Å². The summed E-state index contributed by atoms with van der Waals surface area (Å²) in [5.41, 5.74) is -2.50. The summed E-state index contributed by atoms with van der Waals surface area (Å²) >= 11 is 0. The minimum Gasteiger partial charge on any atom is -0.352 e. The predicted molar refractivity (Wildman–Crippen MR) is 99.4 cm³/mol. The first-order valence-corrected chi connectivity index (χ1v) is 8.45. The van der Waals surface area contributed by atoms with Crippen LogP contribution in [-0.2, 0) is 6.18 Å². The highest BCUT2D eigenvalue weighted by Gasteiger charge is 2.36. The summed E-state index contributed by atoms with van der Waals surface area (Å²) in [5.74, 6) is -0.597. The Kier molecular flexibility index (Phi) is 5.46. The third kappa shape index (κ3) is 4.36. The summed E-state index contributed by atoms with van der Waals surface area (Å²) in [6, 6.07) is 1.80. The number of amides is 1. The van der Waals surface area contributed by atoms with Crippen molar-refractivity contribution in [2.45, 2.75) is 6.18 Å². The van der Waals surface area contributed by atoms with Crippen LogP contribution in [0.2, 0.25) is 0 Å². The van der Waals surface area contributed by atoms with E-state index in [1.165, 1.54) is 12.3 Å². The van der Waals surface area contributed by atoms with Crippen molar-refractivity contribution in [2.75, 3.05) is 43.4 Å². The Bertz CT molecular complexity index is 939. The van der Waals surface area contributed by atoms with Gasteiger partial charge in [-0.05, 0) is 13.1 Å². The van der Waals surface area contributed by atoms with E-state index in [-0.39, 0.29) is 11.2 Å². The van der Waals surface area contributed by atoms with Gasteiger partial charge in [0.2, 0.25) is 5.56 Å². The summed E-state index contributed by atoms with van der Waals surface area (Å²) in [5, 5.41) is 2.45. The number of anilines is 2. The van der Waals surface area contributed by atoms with E-state index in [4.69, 9.17) is 7.85 Å². The van der Waals surface area contributed by atoms with Gasteiger partial charge in [0.05, 0.1) is 16.8 Å². The molecule has 0 saturated carbocycles. The molecule has 1 amide bonds. The number of pyridine rings is 2. The van der Waals surface area contributed by atoms with E-state index in [2.05, 4.69) is 20.2 Å². The van der Waals surface area contributed by atoms with E-state index in [9.17, 15) is 22.8 Å². The van der Waals surface area contributed by atoms with E-state index in [0.717, 1.165) is 19.3 Å². The quantitative estimate of drug-likeness (QED) is 0.749. The molecule has 0 atom stereocenters. The zero-order valence-corrected chi connectivity index (χ0v) is 15.0. The first-order valence-electron chi connectivity index (χ1n) is 8.45. The maximum Gasteiger partial charge on any atom is 0.417 e. The number of hydrogen-bond acceptors (Lipinski definition) is 5. The lowest BCUT2D eigenvalue weighted by atomic mass is 9.98. The molecule has 1 fully saturated rings. The molecule has 146 valence electrons. The molecule has 2 N–H and O–H groups in total. The lowest BCUT2D eigenvalue weighted by Crippen LogP contribution is -2.45. The molecule has 11 heteroatoms. The topological polar surface area (TPSA) is 81.3 Å². The zero-order chi connectivity index (χ0) is 20.5. The van der Waals surface area contributed by atoms with Gasteiger partial charge in [-0.2, -0.15) is 13.2 Å². The molecule has 3 rings (SSSR count). The number of nitrogens with one attached hydrogen (secondary N) is 2. The molecule has 0 aliphatic carbocycles. The fourth-order valence-corrected chi connectivity index (χ4v) is 2.92. The van der Waals surface area contributed by atoms with Crippen molar-refractivity contribution in [3.05, 3.63) is 46.0 Å². The SMILES string of the molecule is [B]c1cnc(N2CCN(C)CC2)c(NC(=O)c2c[nH]c(=O)cc2C(F)(F)F)c1. The Balaban J connectivity index is 1.93. The summed E-state index contributed by atoms with van der Waals surface area (Å²) in [6.45, 7) is 2.83. The number of carbonyl (C=O) groups is 1. The van der Waals surface area contributed by atoms with Crippen molar-refractivity contribution in [3.63, 3.8) is 0 Å². The standard InChI is InChI=1S/C17H17BF3N5O2/c1-25-2-4-26(5-3-25)15-13(6-10(18)8-23-15)24-16(28)11-9-22-14(27)7-12(11)17(19,20)21/h6-9H,2-5H2,1H3,(H,22,27)(H,24,28). The van der Waals surface area contributed by atoms with Crippen LogP contribution in [0.4, 0.5) is 24.7 Å². The maximum atomic E-state index is 13.2. The summed E-state index contributed by atoms with van der Waals surface area (Å²) in [7, 11) is 7.72. The Labute approximate surface area is 160 Å². The Hall–Kier alpha value is -2.82. The molecule has 0 aromatic carbocycles. The van der Waals surface area contributed by atoms with Gasteiger partial charge in [-0.1, -0.05) is 5.46 Å². The number of nitrogens with zero attached hydrogens (tertiary/aromatic N) is 3. The van der Waals surface area contributed by atoms with Gasteiger partial charge in [0.15, 0.2) is 5.82 Å². The molecular formula is C17H17BF3N5O2. The second kappa shape index (κ2) is 7.66. The fourth-order valence-electron chi connectivity index (χ4n) is 2.92. The third-order valence-electron chi connectivity index (χ3n) is 4.41. The van der Waals surface area contributed by atoms with Crippen LogP contribution >= 0.6 is 0 Å². The second-order valence-corrected chi connectivity index (χ2v) is 6.51. The second-order valence-electron chi connectivity index (χ2n) is 6.51. The molecule has 7 nitrogen and oxygen atoms in total. The van der Waals surface area contributed by atoms with Crippen LogP contribution in [0.25, 0.3) is 0 Å². The number of aromatic nitrogens is 2. The molecule has 28 heavy (non-hydrogen) atoms. The smallest absolute Gasteiger partial charge is 0.352 e. The van der Waals surface area contributed by atoms with Crippen LogP contribution in [0, 0.1) is 0 Å². The van der Waals surface area contributed by atoms with Crippen LogP contribution < -0.4 is 21.2 Å². The van der Waals surface area contributed by atoms with Crippen LogP contribution in [0.15, 0.2) is 29.3 Å². The molecule has 1 saturated heterocycles. The van der Waals surface area contributed by atoms with Gasteiger partial charge in [0.1, 0.15) is 7.85 Å². The number of aromatic amines is 1. The van der Waals surface area contributed by atoms with E-state index in [0.29, 0.717) is 25.0 Å². The normalized spacial score (nSPS) is 15.5. The van der Waals surface area contributed by atoms with Gasteiger partial charge in [-0.3, -0.25) is 9.59 Å². The Morgan fingerprint density at radius 2 is 1.93 bits per heavy atom. The van der Waals surface area contributed by atoms with Gasteiger partial charge in [-0.25, -0.2) is 4.98 Å². The van der Waals surface area contributed by atoms with Crippen molar-refractivity contribution in [1.29, 1.82) is 0 Å². The van der Waals surface area contributed by atoms with Crippen molar-refractivity contribution in [2.24, 2.45) is 0 Å². The summed E-state index contributed by atoms with van der Waals surface area (Å²) < 4.78 is 39.7. The molecule has 2 aromatic rings. The van der Waals surface area contributed by atoms with Crippen molar-refractivity contribution >= 4 is 30.7 Å². The highest BCUT2D eigenvalue weighted by atomic mass is 19.4. The molecule has 1 aliphatic rings. The molecule has 2 aromatic heterocycles. The molecular weight excluding hydrogens is 374 g/mol. The molecule has 1 aliphatic heterocycles. The van der Waals surface area contributed by atoms with E-state index < -0.39 is 28.8 Å². The van der Waals surface area contributed by atoms with Gasteiger partial charge < -0.3 is 20.1 Å². The Morgan fingerprint density at radius 3 is 2.57 bits per heavy atom. The molecule has 0 spiro atoms. The number of carbonyl (C=O) groups excluding carboxylic acids is 1. The number of likely N-dealkylation sites (N-methyl/N-ethyl adjacent to an activating group) is 1. The van der Waals surface area contributed by atoms with Crippen LogP contribution in [0.5, 0.6) is 0 Å². The third-order valence-corrected chi connectivity index (χ3v) is 4.41. The average molecular weight is 391 g/mol. The molecule has 3 heterocycles. The number of alkyl halides is 3. The van der Waals surface area contributed by atoms with Crippen LogP contribution in [-0.4, -0.2) is 61.8 Å². The van der Waals surface area contributed by atoms with E-state index in [1.54, 1.807) is 0 Å². The van der Waals surface area contributed by atoms with Crippen LogP contribution in [0.3, 0.4) is 0 Å². The van der Waals surface area contributed by atoms with E-state index >= 15 is 0 Å². The van der Waals surface area contributed by atoms with Gasteiger partial charge in [-0.15, -0.1) is 0 Å².